The Hall–Kier alpha value is -2.36. The van der Waals surface area contributed by atoms with Gasteiger partial charge in [0.15, 0.2) is 18.3 Å². The normalized spacial score (nSPS) is 25.7. The molecule has 0 N–H and O–H groups in total. The molecule has 0 spiro atoms. The number of carbonyl (C=O) groups is 3. The first-order chi connectivity index (χ1) is 14.8. The quantitative estimate of drug-likeness (QED) is 0.414. The molecule has 0 unspecified atom stereocenters. The molecule has 0 bridgehead atoms. The van der Waals surface area contributed by atoms with Gasteiger partial charge in [-0.3, -0.25) is 14.4 Å². The molecular weight excluding hydrogens is 424 g/mol. The van der Waals surface area contributed by atoms with Crippen molar-refractivity contribution in [2.45, 2.75) is 50.6 Å². The van der Waals surface area contributed by atoms with E-state index in [0.717, 1.165) is 5.56 Å². The molecule has 170 valence electrons. The third-order valence-corrected chi connectivity index (χ3v) is 5.39. The topological polar surface area (TPSA) is 97.4 Å². The molecule has 0 saturated carbocycles. The first-order valence-corrected chi connectivity index (χ1v) is 10.9. The second kappa shape index (κ2) is 12.5. The molecule has 8 nitrogen and oxygen atoms in total. The van der Waals surface area contributed by atoms with Crippen molar-refractivity contribution in [1.29, 1.82) is 0 Å². The molecule has 1 aliphatic heterocycles. The minimum atomic E-state index is -1.03. The average Bonchev–Trinajstić information content (AvgIpc) is 2.70. The van der Waals surface area contributed by atoms with Crippen molar-refractivity contribution in [3.63, 3.8) is 0 Å². The third kappa shape index (κ3) is 8.01. The maximum Gasteiger partial charge on any atom is 0.303 e. The van der Waals surface area contributed by atoms with E-state index >= 15 is 0 Å². The van der Waals surface area contributed by atoms with Crippen molar-refractivity contribution in [2.24, 2.45) is 0 Å². The van der Waals surface area contributed by atoms with Crippen LogP contribution >= 0.6 is 11.8 Å². The van der Waals surface area contributed by atoms with E-state index in [0.29, 0.717) is 5.75 Å². The van der Waals surface area contributed by atoms with E-state index in [1.807, 2.05) is 42.5 Å². The predicted molar refractivity (Wildman–Crippen MR) is 115 cm³/mol. The van der Waals surface area contributed by atoms with Crippen molar-refractivity contribution in [3.8, 4) is 0 Å². The number of carbonyl (C=O) groups excluding carboxylic acids is 3. The zero-order valence-electron chi connectivity index (χ0n) is 18.0. The van der Waals surface area contributed by atoms with Crippen LogP contribution in [0.25, 0.3) is 6.08 Å². The first kappa shape index (κ1) is 24.9. The van der Waals surface area contributed by atoms with E-state index < -0.39 is 47.8 Å². The molecule has 9 heteroatoms. The van der Waals surface area contributed by atoms with Crippen LogP contribution in [0, 0.1) is 0 Å². The smallest absolute Gasteiger partial charge is 0.303 e. The Morgan fingerprint density at radius 3 is 2.10 bits per heavy atom. The summed E-state index contributed by atoms with van der Waals surface area (Å²) >= 11 is 1.37. The number of rotatable bonds is 9. The molecule has 5 atom stereocenters. The number of hydrogen-bond acceptors (Lipinski definition) is 9. The SMILES string of the molecule is COC[C@H]1O[C@H](SC/C=C/c2ccccc2)[C@@H](OC(C)=O)[C@@H](OC(C)=O)[C@@H]1OC(C)=O. The molecule has 1 heterocycles. The lowest BCUT2D eigenvalue weighted by molar-refractivity contribution is -0.237. The number of methoxy groups -OCH3 is 1. The van der Waals surface area contributed by atoms with Gasteiger partial charge in [-0.1, -0.05) is 42.5 Å². The summed E-state index contributed by atoms with van der Waals surface area (Å²) in [6, 6.07) is 9.80. The van der Waals surface area contributed by atoms with Gasteiger partial charge in [-0.2, -0.15) is 0 Å². The van der Waals surface area contributed by atoms with Crippen molar-refractivity contribution in [2.75, 3.05) is 19.5 Å². The average molecular weight is 453 g/mol. The molecular formula is C22H28O8S. The lowest BCUT2D eigenvalue weighted by Gasteiger charge is -2.44. The van der Waals surface area contributed by atoms with Gasteiger partial charge in [0, 0.05) is 33.6 Å². The molecule has 1 aromatic carbocycles. The van der Waals surface area contributed by atoms with Crippen LogP contribution in [0.2, 0.25) is 0 Å². The maximum atomic E-state index is 11.8. The van der Waals surface area contributed by atoms with Crippen LogP contribution in [0.3, 0.4) is 0 Å². The largest absolute Gasteiger partial charge is 0.456 e. The van der Waals surface area contributed by atoms with Crippen LogP contribution in [-0.2, 0) is 38.1 Å². The molecule has 1 fully saturated rings. The van der Waals surface area contributed by atoms with Gasteiger partial charge in [0.05, 0.1) is 6.61 Å². The minimum absolute atomic E-state index is 0.0966. The molecule has 0 aromatic heterocycles. The highest BCUT2D eigenvalue weighted by Gasteiger charge is 2.51. The summed E-state index contributed by atoms with van der Waals surface area (Å²) in [5, 5.41) is 0. The van der Waals surface area contributed by atoms with E-state index in [1.165, 1.54) is 39.6 Å². The van der Waals surface area contributed by atoms with Crippen LogP contribution in [0.15, 0.2) is 36.4 Å². The molecule has 1 aromatic rings. The molecule has 1 saturated heterocycles. The Morgan fingerprint density at radius 1 is 0.935 bits per heavy atom. The summed E-state index contributed by atoms with van der Waals surface area (Å²) in [6.45, 7) is 3.83. The zero-order chi connectivity index (χ0) is 22.8. The van der Waals surface area contributed by atoms with E-state index in [-0.39, 0.29) is 6.61 Å². The summed E-state index contributed by atoms with van der Waals surface area (Å²) in [6.07, 6.45) is 0.236. The van der Waals surface area contributed by atoms with Crippen LogP contribution in [0.5, 0.6) is 0 Å². The van der Waals surface area contributed by atoms with Crippen LogP contribution in [0.4, 0.5) is 0 Å². The first-order valence-electron chi connectivity index (χ1n) is 9.81. The van der Waals surface area contributed by atoms with Gasteiger partial charge in [0.25, 0.3) is 0 Å². The number of thioether (sulfide) groups is 1. The second-order valence-electron chi connectivity index (χ2n) is 6.87. The number of hydrogen-bond donors (Lipinski definition) is 0. The summed E-state index contributed by atoms with van der Waals surface area (Å²) in [5.74, 6) is -1.19. The Morgan fingerprint density at radius 2 is 1.52 bits per heavy atom. The predicted octanol–water partition coefficient (Wildman–Crippen LogP) is 2.60. The third-order valence-electron chi connectivity index (χ3n) is 4.29. The fourth-order valence-electron chi connectivity index (χ4n) is 3.19. The van der Waals surface area contributed by atoms with E-state index in [4.69, 9.17) is 23.7 Å². The van der Waals surface area contributed by atoms with Crippen LogP contribution < -0.4 is 0 Å². The fourth-order valence-corrected chi connectivity index (χ4v) is 4.20. The van der Waals surface area contributed by atoms with Crippen molar-refractivity contribution in [1.82, 2.24) is 0 Å². The number of esters is 3. The highest BCUT2D eigenvalue weighted by Crippen LogP contribution is 2.34. The number of ether oxygens (including phenoxy) is 5. The van der Waals surface area contributed by atoms with E-state index in [1.54, 1.807) is 0 Å². The van der Waals surface area contributed by atoms with Crippen molar-refractivity contribution >= 4 is 35.7 Å². The van der Waals surface area contributed by atoms with Crippen LogP contribution in [0.1, 0.15) is 26.3 Å². The highest BCUT2D eigenvalue weighted by atomic mass is 32.2. The lowest BCUT2D eigenvalue weighted by Crippen LogP contribution is -2.61. The summed E-state index contributed by atoms with van der Waals surface area (Å²) in [7, 11) is 1.48. The Bertz CT molecular complexity index is 766. The number of benzene rings is 1. The van der Waals surface area contributed by atoms with Gasteiger partial charge >= 0.3 is 17.9 Å². The van der Waals surface area contributed by atoms with Gasteiger partial charge in [-0.15, -0.1) is 11.8 Å². The lowest BCUT2D eigenvalue weighted by atomic mass is 9.99. The van der Waals surface area contributed by atoms with Crippen molar-refractivity contribution < 1.29 is 38.1 Å². The van der Waals surface area contributed by atoms with Gasteiger partial charge < -0.3 is 23.7 Å². The molecule has 0 radical (unpaired) electrons. The van der Waals surface area contributed by atoms with Gasteiger partial charge in [0.2, 0.25) is 0 Å². The van der Waals surface area contributed by atoms with Gasteiger partial charge in [-0.25, -0.2) is 0 Å². The summed E-state index contributed by atoms with van der Waals surface area (Å²) < 4.78 is 27.6. The van der Waals surface area contributed by atoms with E-state index in [9.17, 15) is 14.4 Å². The Balaban J connectivity index is 2.23. The Labute approximate surface area is 186 Å². The van der Waals surface area contributed by atoms with Crippen LogP contribution in [-0.4, -0.2) is 67.2 Å². The Kier molecular flexibility index (Phi) is 10.0. The maximum absolute atomic E-state index is 11.8. The fraction of sp³-hybridized carbons (Fsp3) is 0.500. The zero-order valence-corrected chi connectivity index (χ0v) is 18.8. The molecule has 31 heavy (non-hydrogen) atoms. The standard InChI is InChI=1S/C22H28O8S/c1-14(23)27-19-18(13-26-4)30-22(21(29-16(3)25)20(19)28-15(2)24)31-12-8-11-17-9-6-5-7-10-17/h5-11,18-22H,12-13H2,1-4H3/b11-8+/t18-,19-,20+,21+,22-/m1/s1. The summed E-state index contributed by atoms with van der Waals surface area (Å²) in [5.41, 5.74) is 0.384. The molecule has 1 aliphatic rings. The molecule has 2 rings (SSSR count). The molecule has 0 aliphatic carbocycles. The minimum Gasteiger partial charge on any atom is -0.456 e. The highest BCUT2D eigenvalue weighted by molar-refractivity contribution is 7.99. The van der Waals surface area contributed by atoms with E-state index in [2.05, 4.69) is 0 Å². The van der Waals surface area contributed by atoms with Gasteiger partial charge in [-0.05, 0) is 5.56 Å². The summed E-state index contributed by atoms with van der Waals surface area (Å²) in [4.78, 5) is 35.2. The monoisotopic (exact) mass is 452 g/mol. The molecule has 0 amide bonds. The van der Waals surface area contributed by atoms with Gasteiger partial charge in [0.1, 0.15) is 11.5 Å². The second-order valence-corrected chi connectivity index (χ2v) is 8.00. The van der Waals surface area contributed by atoms with Crippen molar-refractivity contribution in [3.05, 3.63) is 42.0 Å².